The van der Waals surface area contributed by atoms with Crippen LogP contribution in [0.1, 0.15) is 80.1 Å². The molecule has 8 nitrogen and oxygen atoms in total. The third-order valence-electron chi connectivity index (χ3n) is 7.40. The molecule has 0 aromatic carbocycles. The Kier molecular flexibility index (Phi) is 12.7. The van der Waals surface area contributed by atoms with Crippen molar-refractivity contribution in [1.29, 1.82) is 0 Å². The van der Waals surface area contributed by atoms with E-state index in [1.54, 1.807) is 13.0 Å². The summed E-state index contributed by atoms with van der Waals surface area (Å²) in [7, 11) is 0. The monoisotopic (exact) mass is 536 g/mol. The average molecular weight is 537 g/mol. The molecule has 2 aliphatic rings. The molecule has 3 N–H and O–H groups in total. The van der Waals surface area contributed by atoms with Crippen LogP contribution in [0.5, 0.6) is 0 Å². The molecule has 2 rings (SSSR count). The largest absolute Gasteiger partial charge is 0.465 e. The third kappa shape index (κ3) is 11.4. The van der Waals surface area contributed by atoms with Crippen molar-refractivity contribution in [3.05, 3.63) is 36.0 Å². The highest BCUT2D eigenvalue weighted by Gasteiger charge is 2.45. The summed E-state index contributed by atoms with van der Waals surface area (Å²) < 4.78 is 16.4. The molecular formula is C30H48O8. The Labute approximate surface area is 227 Å². The molecule has 0 aliphatic carbocycles. The number of ether oxygens (including phenoxy) is 3. The first-order valence-electron chi connectivity index (χ1n) is 13.9. The zero-order chi connectivity index (χ0) is 28.5. The molecule has 0 saturated carbocycles. The zero-order valence-electron chi connectivity index (χ0n) is 23.8. The Balaban J connectivity index is 2.14. The van der Waals surface area contributed by atoms with Gasteiger partial charge in [-0.05, 0) is 57.4 Å². The molecule has 0 amide bonds. The summed E-state index contributed by atoms with van der Waals surface area (Å²) in [6.07, 6.45) is 9.45. The molecule has 0 aromatic heterocycles. The maximum atomic E-state index is 12.2. The number of aliphatic hydroxyl groups excluding tert-OH is 2. The lowest BCUT2D eigenvalue weighted by Gasteiger charge is -2.31. The van der Waals surface area contributed by atoms with Crippen LogP contribution in [0.3, 0.4) is 0 Å². The van der Waals surface area contributed by atoms with E-state index in [1.807, 2.05) is 13.0 Å². The van der Waals surface area contributed by atoms with Crippen LogP contribution in [-0.4, -0.2) is 70.0 Å². The Hall–Kier alpha value is -2.00. The van der Waals surface area contributed by atoms with Gasteiger partial charge in [-0.2, -0.15) is 0 Å². The predicted molar refractivity (Wildman–Crippen MR) is 145 cm³/mol. The van der Waals surface area contributed by atoms with Crippen LogP contribution in [0, 0.1) is 17.8 Å². The fourth-order valence-corrected chi connectivity index (χ4v) is 4.88. The molecule has 38 heavy (non-hydrogen) atoms. The molecule has 216 valence electrons. The Morgan fingerprint density at radius 1 is 1.08 bits per heavy atom. The Bertz CT molecular complexity index is 860. The van der Waals surface area contributed by atoms with Crippen LogP contribution in [0.15, 0.2) is 36.0 Å². The summed E-state index contributed by atoms with van der Waals surface area (Å²) in [5, 5.41) is 32.0. The molecule has 2 heterocycles. The maximum Gasteiger partial charge on any atom is 0.308 e. The van der Waals surface area contributed by atoms with E-state index >= 15 is 0 Å². The highest BCUT2D eigenvalue weighted by atomic mass is 16.6. The smallest absolute Gasteiger partial charge is 0.308 e. The Morgan fingerprint density at radius 2 is 1.79 bits per heavy atom. The van der Waals surface area contributed by atoms with Crippen molar-refractivity contribution in [2.24, 2.45) is 17.8 Å². The number of allylic oxidation sites excluding steroid dienone is 5. The number of hydrogen-bond donors (Lipinski definition) is 3. The maximum absolute atomic E-state index is 12.2. The molecule has 0 aromatic rings. The number of fused-ring (bicyclic) bond motifs is 1. The number of esters is 2. The molecule has 9 atom stereocenters. The molecule has 0 radical (unpaired) electrons. The fourth-order valence-electron chi connectivity index (χ4n) is 4.88. The van der Waals surface area contributed by atoms with Gasteiger partial charge in [0.05, 0.1) is 37.4 Å². The van der Waals surface area contributed by atoms with E-state index in [0.29, 0.717) is 12.3 Å². The van der Waals surface area contributed by atoms with Gasteiger partial charge in [-0.3, -0.25) is 9.59 Å². The molecule has 9 unspecified atom stereocenters. The van der Waals surface area contributed by atoms with Gasteiger partial charge in [-0.15, -0.1) is 0 Å². The summed E-state index contributed by atoms with van der Waals surface area (Å²) in [5.41, 5.74) is -0.240. The van der Waals surface area contributed by atoms with Gasteiger partial charge in [-0.1, -0.05) is 50.6 Å². The van der Waals surface area contributed by atoms with Crippen molar-refractivity contribution in [3.8, 4) is 0 Å². The highest BCUT2D eigenvalue weighted by Crippen LogP contribution is 2.36. The van der Waals surface area contributed by atoms with E-state index < -0.39 is 35.9 Å². The number of hydrogen-bond acceptors (Lipinski definition) is 8. The van der Waals surface area contributed by atoms with Crippen LogP contribution in [0.4, 0.5) is 0 Å². The number of aliphatic hydroxyl groups is 3. The standard InChI is InChI=1S/C30H48O8/c1-19-8-7-9-20(2)17-26-29(38-26)22(4)25(33)13-15-36-28(34)18-24(32)12-14-30(6,35)27(37-23(5)31)11-10-21(3)16-19/h7-11,20-22,24-27,29,32-33,35H,12-18H2,1-6H3/b9-7+,11-10+,19-8+. The summed E-state index contributed by atoms with van der Waals surface area (Å²) in [6.45, 7) is 11.1. The van der Waals surface area contributed by atoms with Gasteiger partial charge in [0.2, 0.25) is 0 Å². The lowest BCUT2D eigenvalue weighted by atomic mass is 9.89. The summed E-state index contributed by atoms with van der Waals surface area (Å²) >= 11 is 0. The molecule has 1 fully saturated rings. The molecule has 1 saturated heterocycles. The number of rotatable bonds is 1. The minimum Gasteiger partial charge on any atom is -0.465 e. The summed E-state index contributed by atoms with van der Waals surface area (Å²) in [5.74, 6) is -0.693. The molecular weight excluding hydrogens is 488 g/mol. The van der Waals surface area contributed by atoms with Crippen LogP contribution in [-0.2, 0) is 23.8 Å². The number of cyclic esters (lactones) is 1. The van der Waals surface area contributed by atoms with Gasteiger partial charge in [-0.25, -0.2) is 0 Å². The van der Waals surface area contributed by atoms with E-state index in [2.05, 4.69) is 39.0 Å². The Morgan fingerprint density at radius 3 is 2.47 bits per heavy atom. The minimum atomic E-state index is -1.44. The van der Waals surface area contributed by atoms with Crippen molar-refractivity contribution in [2.45, 2.75) is 116 Å². The fraction of sp³-hybridized carbons (Fsp3) is 0.733. The second-order valence-corrected chi connectivity index (χ2v) is 11.5. The normalized spacial score (nSPS) is 41.8. The molecule has 0 spiro atoms. The van der Waals surface area contributed by atoms with Gasteiger partial charge < -0.3 is 29.5 Å². The number of epoxide rings is 1. The SMILES string of the molecule is CC(=O)OC1/C=C/C(C)C/C(C)=C/C=C/C(C)CC2OC2C(C)C(O)CCOC(=O)CC(O)CCC1(C)O. The van der Waals surface area contributed by atoms with E-state index in [1.165, 1.54) is 12.5 Å². The lowest BCUT2D eigenvalue weighted by Crippen LogP contribution is -2.41. The second-order valence-electron chi connectivity index (χ2n) is 11.5. The van der Waals surface area contributed by atoms with E-state index in [-0.39, 0.29) is 49.9 Å². The van der Waals surface area contributed by atoms with Crippen LogP contribution in [0.2, 0.25) is 0 Å². The average Bonchev–Trinajstić information content (AvgIpc) is 3.57. The van der Waals surface area contributed by atoms with Gasteiger partial charge >= 0.3 is 11.9 Å². The van der Waals surface area contributed by atoms with Crippen molar-refractivity contribution in [2.75, 3.05) is 6.61 Å². The van der Waals surface area contributed by atoms with Gasteiger partial charge in [0, 0.05) is 19.3 Å². The number of carbonyl (C=O) groups excluding carboxylic acids is 2. The first-order chi connectivity index (χ1) is 17.8. The highest BCUT2D eigenvalue weighted by molar-refractivity contribution is 5.69. The van der Waals surface area contributed by atoms with Crippen molar-refractivity contribution in [1.82, 2.24) is 0 Å². The van der Waals surface area contributed by atoms with Gasteiger partial charge in [0.1, 0.15) is 11.7 Å². The van der Waals surface area contributed by atoms with Crippen molar-refractivity contribution < 1.29 is 39.1 Å². The quantitative estimate of drug-likeness (QED) is 0.261. The van der Waals surface area contributed by atoms with Gasteiger partial charge in [0.15, 0.2) is 0 Å². The van der Waals surface area contributed by atoms with Crippen LogP contribution >= 0.6 is 0 Å². The lowest BCUT2D eigenvalue weighted by molar-refractivity contribution is -0.156. The topological polar surface area (TPSA) is 126 Å². The summed E-state index contributed by atoms with van der Waals surface area (Å²) in [6, 6.07) is 0. The molecule has 8 heteroatoms. The van der Waals surface area contributed by atoms with Crippen molar-refractivity contribution >= 4 is 11.9 Å². The van der Waals surface area contributed by atoms with E-state index in [4.69, 9.17) is 14.2 Å². The first-order valence-corrected chi connectivity index (χ1v) is 13.9. The molecule has 2 aliphatic heterocycles. The third-order valence-corrected chi connectivity index (χ3v) is 7.40. The van der Waals surface area contributed by atoms with Crippen molar-refractivity contribution in [3.63, 3.8) is 0 Å². The van der Waals surface area contributed by atoms with E-state index in [0.717, 1.165) is 12.8 Å². The number of carbonyl (C=O) groups is 2. The summed E-state index contributed by atoms with van der Waals surface area (Å²) in [4.78, 5) is 23.9. The van der Waals surface area contributed by atoms with Crippen LogP contribution in [0.25, 0.3) is 0 Å². The predicted octanol–water partition coefficient (Wildman–Crippen LogP) is 4.02. The second kappa shape index (κ2) is 15.0. The molecule has 0 bridgehead atoms. The minimum absolute atomic E-state index is 0.00238. The van der Waals surface area contributed by atoms with Gasteiger partial charge in [0.25, 0.3) is 0 Å². The van der Waals surface area contributed by atoms with E-state index in [9.17, 15) is 24.9 Å². The first kappa shape index (κ1) is 32.2. The zero-order valence-corrected chi connectivity index (χ0v) is 23.8. The van der Waals surface area contributed by atoms with Crippen LogP contribution < -0.4 is 0 Å².